The van der Waals surface area contributed by atoms with Crippen LogP contribution in [0.3, 0.4) is 0 Å². The largest absolute Gasteiger partial charge is 0.486 e. The van der Waals surface area contributed by atoms with Gasteiger partial charge in [-0.3, -0.25) is 0 Å². The highest BCUT2D eigenvalue weighted by Crippen LogP contribution is 2.51. The van der Waals surface area contributed by atoms with Crippen LogP contribution in [0, 0.1) is 6.92 Å². The van der Waals surface area contributed by atoms with Crippen molar-refractivity contribution >= 4 is 17.1 Å². The first kappa shape index (κ1) is 8.59. The first-order chi connectivity index (χ1) is 7.24. The minimum atomic E-state index is -0.331. The highest BCUT2D eigenvalue weighted by molar-refractivity contribution is 6.12. The van der Waals surface area contributed by atoms with E-state index in [1.54, 1.807) is 0 Å². The van der Waals surface area contributed by atoms with Crippen LogP contribution in [-0.2, 0) is 0 Å². The third-order valence-electron chi connectivity index (χ3n) is 2.61. The molecule has 4 heteroatoms. The molecule has 2 bridgehead atoms. The van der Waals surface area contributed by atoms with Gasteiger partial charge in [0.15, 0.2) is 11.2 Å². The molecule has 0 atom stereocenters. The number of aryl methyl sites for hydroxylation is 1. The molecular formula is C11H10O4. The Morgan fingerprint density at radius 1 is 1.33 bits per heavy atom. The zero-order chi connectivity index (χ0) is 10.6. The van der Waals surface area contributed by atoms with E-state index >= 15 is 0 Å². The van der Waals surface area contributed by atoms with E-state index in [-0.39, 0.29) is 5.97 Å². The van der Waals surface area contributed by atoms with Gasteiger partial charge in [-0.25, -0.2) is 4.79 Å². The Labute approximate surface area is 86.1 Å². The number of esters is 1. The average Bonchev–Trinajstić information content (AvgIpc) is 2.77. The van der Waals surface area contributed by atoms with Crippen molar-refractivity contribution in [3.8, 4) is 11.5 Å². The van der Waals surface area contributed by atoms with Crippen molar-refractivity contribution < 1.29 is 18.7 Å². The number of carbonyl (C=O) groups excluding carboxylic acids is 1. The molecule has 0 spiro atoms. The molecule has 0 amide bonds. The molecule has 2 aromatic heterocycles. The van der Waals surface area contributed by atoms with Crippen molar-refractivity contribution in [1.29, 1.82) is 0 Å². The summed E-state index contributed by atoms with van der Waals surface area (Å²) in [5.41, 5.74) is 2.57. The summed E-state index contributed by atoms with van der Waals surface area (Å²) in [6.07, 6.45) is 0.906. The van der Waals surface area contributed by atoms with Crippen LogP contribution in [0.2, 0.25) is 0 Å². The molecule has 2 aromatic rings. The van der Waals surface area contributed by atoms with E-state index in [1.165, 1.54) is 0 Å². The van der Waals surface area contributed by atoms with E-state index in [2.05, 4.69) is 0 Å². The standard InChI is InChI=1S/C11H10O4/c1-3-4-13-9-7-5(2)6-8(14-7)10(9)15-11(6)12/h3-4H2,1-2H3. The lowest BCUT2D eigenvalue weighted by Crippen LogP contribution is -2.01. The first-order valence-electron chi connectivity index (χ1n) is 4.97. The number of fused-ring (bicyclic) bond motifs is 1. The highest BCUT2D eigenvalue weighted by atomic mass is 16.6. The molecule has 3 rings (SSSR count). The lowest BCUT2D eigenvalue weighted by atomic mass is 10.1. The van der Waals surface area contributed by atoms with Crippen molar-refractivity contribution in [1.82, 2.24) is 0 Å². The quantitative estimate of drug-likeness (QED) is 0.724. The monoisotopic (exact) mass is 206 g/mol. The molecule has 78 valence electrons. The van der Waals surface area contributed by atoms with Gasteiger partial charge < -0.3 is 13.9 Å². The predicted molar refractivity (Wildman–Crippen MR) is 52.9 cm³/mol. The number of benzene rings is 1. The molecule has 0 radical (unpaired) electrons. The van der Waals surface area contributed by atoms with E-state index in [0.717, 1.165) is 12.0 Å². The Hall–Kier alpha value is -1.71. The fraction of sp³-hybridized carbons (Fsp3) is 0.364. The predicted octanol–water partition coefficient (Wildman–Crippen LogP) is 2.50. The van der Waals surface area contributed by atoms with Gasteiger partial charge in [-0.1, -0.05) is 6.92 Å². The third-order valence-corrected chi connectivity index (χ3v) is 2.61. The number of furan rings is 2. The Morgan fingerprint density at radius 3 is 2.87 bits per heavy atom. The summed E-state index contributed by atoms with van der Waals surface area (Å²) >= 11 is 0. The van der Waals surface area contributed by atoms with Gasteiger partial charge in [0.05, 0.1) is 6.61 Å². The summed E-state index contributed by atoms with van der Waals surface area (Å²) in [6.45, 7) is 4.46. The maximum absolute atomic E-state index is 11.4. The van der Waals surface area contributed by atoms with Crippen LogP contribution in [-0.4, -0.2) is 12.6 Å². The van der Waals surface area contributed by atoms with E-state index in [0.29, 0.717) is 34.8 Å². The van der Waals surface area contributed by atoms with Gasteiger partial charge in [0, 0.05) is 5.56 Å². The Balaban J connectivity index is 2.16. The van der Waals surface area contributed by atoms with Gasteiger partial charge in [-0.05, 0) is 13.3 Å². The molecule has 3 heterocycles. The van der Waals surface area contributed by atoms with Crippen LogP contribution in [0.5, 0.6) is 11.5 Å². The smallest absolute Gasteiger partial charge is 0.348 e. The Bertz CT molecular complexity index is 538. The van der Waals surface area contributed by atoms with Crippen LogP contribution >= 0.6 is 0 Å². The SMILES string of the molecule is CCCOc1c2c3oc1c(C)c3C(=O)O2. The summed E-state index contributed by atoms with van der Waals surface area (Å²) in [6, 6.07) is 0. The Kier molecular flexibility index (Phi) is 1.52. The second-order valence-corrected chi connectivity index (χ2v) is 3.66. The molecule has 15 heavy (non-hydrogen) atoms. The summed E-state index contributed by atoms with van der Waals surface area (Å²) in [5.74, 6) is 0.714. The molecule has 0 saturated carbocycles. The Morgan fingerprint density at radius 2 is 2.13 bits per heavy atom. The van der Waals surface area contributed by atoms with E-state index < -0.39 is 0 Å². The molecule has 0 aliphatic carbocycles. The van der Waals surface area contributed by atoms with Gasteiger partial charge >= 0.3 is 5.97 Å². The molecule has 4 nitrogen and oxygen atoms in total. The third kappa shape index (κ3) is 0.888. The molecule has 1 aliphatic rings. The lowest BCUT2D eigenvalue weighted by molar-refractivity contribution is 0.0750. The van der Waals surface area contributed by atoms with Crippen LogP contribution < -0.4 is 9.47 Å². The van der Waals surface area contributed by atoms with Gasteiger partial charge in [0.25, 0.3) is 0 Å². The fourth-order valence-corrected chi connectivity index (χ4v) is 1.91. The maximum Gasteiger partial charge on any atom is 0.348 e. The molecule has 0 N–H and O–H groups in total. The van der Waals surface area contributed by atoms with Crippen LogP contribution in [0.15, 0.2) is 4.42 Å². The summed E-state index contributed by atoms with van der Waals surface area (Å²) < 4.78 is 16.1. The summed E-state index contributed by atoms with van der Waals surface area (Å²) in [4.78, 5) is 11.4. The van der Waals surface area contributed by atoms with Crippen molar-refractivity contribution in [3.63, 3.8) is 0 Å². The first-order valence-corrected chi connectivity index (χ1v) is 4.97. The second-order valence-electron chi connectivity index (χ2n) is 3.66. The number of rotatable bonds is 3. The van der Waals surface area contributed by atoms with Crippen molar-refractivity contribution in [2.45, 2.75) is 20.3 Å². The minimum absolute atomic E-state index is 0.331. The minimum Gasteiger partial charge on any atom is -0.486 e. The number of ether oxygens (including phenoxy) is 2. The average molecular weight is 206 g/mol. The van der Waals surface area contributed by atoms with Crippen LogP contribution in [0.4, 0.5) is 0 Å². The molecule has 0 aromatic carbocycles. The van der Waals surface area contributed by atoms with Crippen LogP contribution in [0.25, 0.3) is 11.2 Å². The lowest BCUT2D eigenvalue weighted by Gasteiger charge is -2.02. The van der Waals surface area contributed by atoms with Gasteiger partial charge in [-0.2, -0.15) is 0 Å². The molecule has 0 unspecified atom stereocenters. The maximum atomic E-state index is 11.4. The molecular weight excluding hydrogens is 196 g/mol. The zero-order valence-corrected chi connectivity index (χ0v) is 8.55. The topological polar surface area (TPSA) is 48.7 Å². The molecule has 0 fully saturated rings. The normalized spacial score (nSPS) is 13.9. The number of carbonyl (C=O) groups is 1. The van der Waals surface area contributed by atoms with E-state index in [4.69, 9.17) is 13.9 Å². The van der Waals surface area contributed by atoms with E-state index in [1.807, 2.05) is 13.8 Å². The van der Waals surface area contributed by atoms with Crippen molar-refractivity contribution in [2.75, 3.05) is 6.61 Å². The zero-order valence-electron chi connectivity index (χ0n) is 8.55. The van der Waals surface area contributed by atoms with E-state index in [9.17, 15) is 4.79 Å². The van der Waals surface area contributed by atoms with Crippen molar-refractivity contribution in [3.05, 3.63) is 11.1 Å². The van der Waals surface area contributed by atoms with Crippen LogP contribution in [0.1, 0.15) is 29.3 Å². The molecule has 0 saturated heterocycles. The van der Waals surface area contributed by atoms with Crippen molar-refractivity contribution in [2.24, 2.45) is 0 Å². The number of hydrogen-bond donors (Lipinski definition) is 0. The molecule has 1 aliphatic heterocycles. The van der Waals surface area contributed by atoms with Gasteiger partial charge in [-0.15, -0.1) is 0 Å². The highest BCUT2D eigenvalue weighted by Gasteiger charge is 2.38. The summed E-state index contributed by atoms with van der Waals surface area (Å²) in [7, 11) is 0. The fourth-order valence-electron chi connectivity index (χ4n) is 1.91. The second kappa shape index (κ2) is 2.66. The van der Waals surface area contributed by atoms with Gasteiger partial charge in [0.2, 0.25) is 11.5 Å². The number of hydrogen-bond acceptors (Lipinski definition) is 4. The van der Waals surface area contributed by atoms with Gasteiger partial charge in [0.1, 0.15) is 5.56 Å². The summed E-state index contributed by atoms with van der Waals surface area (Å²) in [5, 5.41) is 0.